The van der Waals surface area contributed by atoms with E-state index < -0.39 is 0 Å². The van der Waals surface area contributed by atoms with Crippen LogP contribution in [0.25, 0.3) is 0 Å². The van der Waals surface area contributed by atoms with Gasteiger partial charge in [0.1, 0.15) is 0 Å². The molecule has 0 aromatic carbocycles. The number of rotatable bonds is 7. The van der Waals surface area contributed by atoms with Crippen molar-refractivity contribution >= 4 is 0 Å². The van der Waals surface area contributed by atoms with E-state index in [9.17, 15) is 4.79 Å². The van der Waals surface area contributed by atoms with Crippen LogP contribution in [-0.2, 0) is 19.4 Å². The number of pyridine rings is 1. The molecule has 0 amide bonds. The molecule has 3 heteroatoms. The summed E-state index contributed by atoms with van der Waals surface area (Å²) in [5.41, 5.74) is 2.87. The summed E-state index contributed by atoms with van der Waals surface area (Å²) in [6, 6.07) is 4.35. The van der Waals surface area contributed by atoms with Crippen LogP contribution < -0.4 is 10.9 Å². The van der Waals surface area contributed by atoms with Gasteiger partial charge in [-0.05, 0) is 51.1 Å². The Labute approximate surface area is 116 Å². The van der Waals surface area contributed by atoms with Crippen LogP contribution in [0.2, 0.25) is 0 Å². The predicted molar refractivity (Wildman–Crippen MR) is 79.7 cm³/mol. The van der Waals surface area contributed by atoms with Crippen molar-refractivity contribution in [1.29, 1.82) is 0 Å². The topological polar surface area (TPSA) is 34.0 Å². The molecule has 106 valence electrons. The molecule has 1 N–H and O–H groups in total. The third-order valence-corrected chi connectivity index (χ3v) is 4.07. The minimum absolute atomic E-state index is 0.181. The summed E-state index contributed by atoms with van der Waals surface area (Å²) >= 11 is 0. The highest BCUT2D eigenvalue weighted by molar-refractivity contribution is 5.25. The van der Waals surface area contributed by atoms with E-state index in [2.05, 4.69) is 19.2 Å². The normalized spacial score (nSPS) is 15.5. The number of nitrogens with one attached hydrogen (secondary N) is 1. The first-order valence-electron chi connectivity index (χ1n) is 7.67. The van der Waals surface area contributed by atoms with Crippen molar-refractivity contribution in [3.63, 3.8) is 0 Å². The highest BCUT2D eigenvalue weighted by Crippen LogP contribution is 2.20. The van der Waals surface area contributed by atoms with Crippen molar-refractivity contribution in [1.82, 2.24) is 9.88 Å². The van der Waals surface area contributed by atoms with Gasteiger partial charge in [0.05, 0.1) is 0 Å². The van der Waals surface area contributed by atoms with Gasteiger partial charge < -0.3 is 9.88 Å². The molecular formula is C16H26N2O. The molecule has 1 aliphatic carbocycles. The van der Waals surface area contributed by atoms with Crippen molar-refractivity contribution in [2.24, 2.45) is 0 Å². The molecule has 3 nitrogen and oxygen atoms in total. The molecule has 0 fully saturated rings. The molecule has 1 aliphatic rings. The zero-order valence-electron chi connectivity index (χ0n) is 12.2. The van der Waals surface area contributed by atoms with Crippen molar-refractivity contribution in [3.05, 3.63) is 33.7 Å². The summed E-state index contributed by atoms with van der Waals surface area (Å²) in [5, 5.41) is 3.43. The maximum Gasteiger partial charge on any atom is 0.250 e. The highest BCUT2D eigenvalue weighted by atomic mass is 16.1. The summed E-state index contributed by atoms with van der Waals surface area (Å²) in [4.78, 5) is 12.0. The van der Waals surface area contributed by atoms with Gasteiger partial charge in [-0.2, -0.15) is 0 Å². The molecule has 0 radical (unpaired) electrons. The first-order chi connectivity index (χ1) is 9.22. The van der Waals surface area contributed by atoms with Gasteiger partial charge in [-0.3, -0.25) is 4.79 Å². The monoisotopic (exact) mass is 262 g/mol. The lowest BCUT2D eigenvalue weighted by Crippen LogP contribution is -2.26. The molecule has 2 rings (SSSR count). The smallest absolute Gasteiger partial charge is 0.250 e. The first kappa shape index (κ1) is 14.3. The SMILES string of the molecule is CCNC(C)CCCCn1c2c(ccc1=O)CCC2. The minimum Gasteiger partial charge on any atom is -0.315 e. The lowest BCUT2D eigenvalue weighted by atomic mass is 10.1. The lowest BCUT2D eigenvalue weighted by molar-refractivity contribution is 0.479. The molecule has 0 bridgehead atoms. The number of nitrogens with zero attached hydrogens (tertiary/aromatic N) is 1. The van der Waals surface area contributed by atoms with E-state index in [-0.39, 0.29) is 5.56 Å². The summed E-state index contributed by atoms with van der Waals surface area (Å²) < 4.78 is 2.01. The minimum atomic E-state index is 0.181. The van der Waals surface area contributed by atoms with E-state index in [0.717, 1.165) is 32.4 Å². The van der Waals surface area contributed by atoms with E-state index in [0.29, 0.717) is 6.04 Å². The van der Waals surface area contributed by atoms with Crippen molar-refractivity contribution < 1.29 is 0 Å². The van der Waals surface area contributed by atoms with Gasteiger partial charge in [0.2, 0.25) is 0 Å². The third-order valence-electron chi connectivity index (χ3n) is 4.07. The summed E-state index contributed by atoms with van der Waals surface area (Å²) in [6.45, 7) is 6.30. The van der Waals surface area contributed by atoms with Crippen molar-refractivity contribution in [3.8, 4) is 0 Å². The summed E-state index contributed by atoms with van der Waals surface area (Å²) in [6.07, 6.45) is 6.91. The van der Waals surface area contributed by atoms with Gasteiger partial charge >= 0.3 is 0 Å². The zero-order valence-corrected chi connectivity index (χ0v) is 12.2. The van der Waals surface area contributed by atoms with Crippen LogP contribution in [0, 0.1) is 0 Å². The lowest BCUT2D eigenvalue weighted by Gasteiger charge is -2.14. The molecule has 1 aromatic rings. The maximum absolute atomic E-state index is 12.0. The van der Waals surface area contributed by atoms with Crippen molar-refractivity contribution in [2.75, 3.05) is 6.54 Å². The summed E-state index contributed by atoms with van der Waals surface area (Å²) in [5.74, 6) is 0. The van der Waals surface area contributed by atoms with E-state index in [1.807, 2.05) is 10.6 Å². The van der Waals surface area contributed by atoms with Gasteiger partial charge in [-0.15, -0.1) is 0 Å². The summed E-state index contributed by atoms with van der Waals surface area (Å²) in [7, 11) is 0. The van der Waals surface area contributed by atoms with Crippen LogP contribution in [0.1, 0.15) is 50.8 Å². The zero-order chi connectivity index (χ0) is 13.7. The molecular weight excluding hydrogens is 236 g/mol. The second-order valence-electron chi connectivity index (χ2n) is 5.60. The molecule has 1 atom stereocenters. The number of unbranched alkanes of at least 4 members (excludes halogenated alkanes) is 1. The molecule has 0 saturated carbocycles. The fraction of sp³-hybridized carbons (Fsp3) is 0.688. The average Bonchev–Trinajstić information content (AvgIpc) is 2.85. The number of hydrogen-bond donors (Lipinski definition) is 1. The fourth-order valence-electron chi connectivity index (χ4n) is 3.05. The van der Waals surface area contributed by atoms with Gasteiger partial charge in [0.15, 0.2) is 0 Å². The number of aryl methyl sites for hydroxylation is 1. The van der Waals surface area contributed by atoms with Gasteiger partial charge in [-0.25, -0.2) is 0 Å². The van der Waals surface area contributed by atoms with Crippen molar-refractivity contribution in [2.45, 2.75) is 65.0 Å². The van der Waals surface area contributed by atoms with Crippen LogP contribution >= 0.6 is 0 Å². The molecule has 1 aromatic heterocycles. The Hall–Kier alpha value is -1.09. The Kier molecular flexibility index (Phi) is 5.20. The maximum atomic E-state index is 12.0. The molecule has 1 heterocycles. The molecule has 19 heavy (non-hydrogen) atoms. The number of hydrogen-bond acceptors (Lipinski definition) is 2. The molecule has 1 unspecified atom stereocenters. The van der Waals surface area contributed by atoms with Crippen LogP contribution in [-0.4, -0.2) is 17.2 Å². The van der Waals surface area contributed by atoms with Crippen LogP contribution in [0.5, 0.6) is 0 Å². The first-order valence-corrected chi connectivity index (χ1v) is 7.67. The van der Waals surface area contributed by atoms with E-state index >= 15 is 0 Å². The Bertz CT molecular complexity index is 464. The number of aromatic nitrogens is 1. The second-order valence-corrected chi connectivity index (χ2v) is 5.60. The van der Waals surface area contributed by atoms with Gasteiger partial charge in [0, 0.05) is 24.3 Å². The van der Waals surface area contributed by atoms with E-state index in [1.165, 1.54) is 30.5 Å². The number of fused-ring (bicyclic) bond motifs is 1. The molecule has 0 spiro atoms. The highest BCUT2D eigenvalue weighted by Gasteiger charge is 2.15. The Morgan fingerprint density at radius 1 is 1.32 bits per heavy atom. The largest absolute Gasteiger partial charge is 0.315 e. The van der Waals surface area contributed by atoms with E-state index in [1.54, 1.807) is 6.07 Å². The average molecular weight is 262 g/mol. The van der Waals surface area contributed by atoms with Crippen LogP contribution in [0.4, 0.5) is 0 Å². The third kappa shape index (κ3) is 3.69. The standard InChI is InChI=1S/C16H26N2O/c1-3-17-13(2)7-4-5-12-18-15-9-6-8-14(15)10-11-16(18)19/h10-11,13,17H,3-9,12H2,1-2H3. The predicted octanol–water partition coefficient (Wildman–Crippen LogP) is 2.51. The van der Waals surface area contributed by atoms with Crippen LogP contribution in [0.15, 0.2) is 16.9 Å². The molecule has 0 saturated heterocycles. The van der Waals surface area contributed by atoms with Crippen LogP contribution in [0.3, 0.4) is 0 Å². The van der Waals surface area contributed by atoms with E-state index in [4.69, 9.17) is 0 Å². The quantitative estimate of drug-likeness (QED) is 0.766. The Morgan fingerprint density at radius 3 is 2.95 bits per heavy atom. The van der Waals surface area contributed by atoms with Gasteiger partial charge in [0.25, 0.3) is 5.56 Å². The second kappa shape index (κ2) is 6.90. The molecule has 0 aliphatic heterocycles. The Morgan fingerprint density at radius 2 is 2.16 bits per heavy atom. The fourth-order valence-corrected chi connectivity index (χ4v) is 3.05. The Balaban J connectivity index is 1.87. The van der Waals surface area contributed by atoms with Gasteiger partial charge in [-0.1, -0.05) is 19.4 Å².